The highest BCUT2D eigenvalue weighted by atomic mass is 16.6. The summed E-state index contributed by atoms with van der Waals surface area (Å²) in [6.07, 6.45) is 3.62. The molecule has 1 atom stereocenters. The van der Waals surface area contributed by atoms with E-state index < -0.39 is 0 Å². The van der Waals surface area contributed by atoms with Gasteiger partial charge in [-0.3, -0.25) is 10.1 Å². The first-order chi connectivity index (χ1) is 8.50. The number of nitro groups is 1. The molecule has 4 heteroatoms. The van der Waals surface area contributed by atoms with Gasteiger partial charge in [-0.15, -0.1) is 0 Å². The summed E-state index contributed by atoms with van der Waals surface area (Å²) in [4.78, 5) is 10.6. The van der Waals surface area contributed by atoms with Crippen molar-refractivity contribution in [3.8, 4) is 0 Å². The van der Waals surface area contributed by atoms with E-state index >= 15 is 0 Å². The Morgan fingerprint density at radius 1 is 1.44 bits per heavy atom. The number of para-hydroxylation sites is 1. The van der Waals surface area contributed by atoms with Crippen molar-refractivity contribution in [3.63, 3.8) is 0 Å². The lowest BCUT2D eigenvalue weighted by molar-refractivity contribution is -0.385. The first-order valence-electron chi connectivity index (χ1n) is 6.46. The minimum Gasteiger partial charge on any atom is -0.309 e. The van der Waals surface area contributed by atoms with Gasteiger partial charge >= 0.3 is 0 Å². The minimum atomic E-state index is -0.309. The summed E-state index contributed by atoms with van der Waals surface area (Å²) >= 11 is 0. The Hall–Kier alpha value is -1.42. The maximum atomic E-state index is 10.9. The first kappa shape index (κ1) is 13.0. The van der Waals surface area contributed by atoms with Crippen LogP contribution in [0.4, 0.5) is 5.69 Å². The van der Waals surface area contributed by atoms with Gasteiger partial charge in [0.1, 0.15) is 0 Å². The minimum absolute atomic E-state index is 0.209. The predicted octanol–water partition coefficient (Wildman–Crippen LogP) is 3.26. The van der Waals surface area contributed by atoms with E-state index in [1.165, 1.54) is 12.8 Å². The molecule has 0 amide bonds. The van der Waals surface area contributed by atoms with Gasteiger partial charge in [-0.25, -0.2) is 0 Å². The van der Waals surface area contributed by atoms with Crippen LogP contribution in [0.15, 0.2) is 24.3 Å². The van der Waals surface area contributed by atoms with Gasteiger partial charge in [0, 0.05) is 24.2 Å². The van der Waals surface area contributed by atoms with E-state index in [4.69, 9.17) is 0 Å². The molecule has 1 unspecified atom stereocenters. The molecule has 1 aromatic rings. The van der Waals surface area contributed by atoms with Crippen molar-refractivity contribution < 1.29 is 4.92 Å². The summed E-state index contributed by atoms with van der Waals surface area (Å²) in [7, 11) is 0. The zero-order valence-corrected chi connectivity index (χ0v) is 11.0. The van der Waals surface area contributed by atoms with Crippen LogP contribution in [0.1, 0.15) is 38.7 Å². The van der Waals surface area contributed by atoms with Crippen molar-refractivity contribution in [1.82, 2.24) is 5.32 Å². The Morgan fingerprint density at radius 2 is 2.17 bits per heavy atom. The molecule has 1 fully saturated rings. The fourth-order valence-electron chi connectivity index (χ4n) is 2.78. The molecule has 0 spiro atoms. The average molecular weight is 248 g/mol. The molecule has 1 aromatic carbocycles. The van der Waals surface area contributed by atoms with Crippen LogP contribution in [0.25, 0.3) is 0 Å². The van der Waals surface area contributed by atoms with Crippen LogP contribution in [0.3, 0.4) is 0 Å². The molecule has 1 N–H and O–H groups in total. The van der Waals surface area contributed by atoms with Gasteiger partial charge in [-0.2, -0.15) is 0 Å². The van der Waals surface area contributed by atoms with E-state index in [0.29, 0.717) is 18.0 Å². The molecule has 1 aliphatic rings. The molecular formula is C14H20N2O2. The van der Waals surface area contributed by atoms with Crippen molar-refractivity contribution in [2.24, 2.45) is 5.41 Å². The summed E-state index contributed by atoms with van der Waals surface area (Å²) in [5.41, 5.74) is 1.27. The summed E-state index contributed by atoms with van der Waals surface area (Å²) < 4.78 is 0. The lowest BCUT2D eigenvalue weighted by Gasteiger charge is -2.27. The monoisotopic (exact) mass is 248 g/mol. The lowest BCUT2D eigenvalue weighted by atomic mass is 9.87. The van der Waals surface area contributed by atoms with Crippen molar-refractivity contribution in [2.45, 2.75) is 45.7 Å². The van der Waals surface area contributed by atoms with E-state index in [0.717, 1.165) is 12.0 Å². The summed E-state index contributed by atoms with van der Waals surface area (Å²) in [5.74, 6) is 0. The molecule has 0 aliphatic heterocycles. The molecule has 1 aliphatic carbocycles. The van der Waals surface area contributed by atoms with E-state index in [-0.39, 0.29) is 10.6 Å². The maximum absolute atomic E-state index is 10.9. The van der Waals surface area contributed by atoms with Gasteiger partial charge in [-0.05, 0) is 18.3 Å². The number of rotatable bonds is 4. The third kappa shape index (κ3) is 2.70. The topological polar surface area (TPSA) is 55.2 Å². The molecule has 1 saturated carbocycles. The molecule has 0 bridgehead atoms. The van der Waals surface area contributed by atoms with Gasteiger partial charge in [0.25, 0.3) is 5.69 Å². The van der Waals surface area contributed by atoms with Crippen LogP contribution >= 0.6 is 0 Å². The summed E-state index contributed by atoms with van der Waals surface area (Å²) in [5, 5.41) is 14.4. The molecule has 0 radical (unpaired) electrons. The van der Waals surface area contributed by atoms with Crippen molar-refractivity contribution in [2.75, 3.05) is 0 Å². The third-order valence-corrected chi connectivity index (χ3v) is 3.98. The number of hydrogen-bond acceptors (Lipinski definition) is 3. The Morgan fingerprint density at radius 3 is 2.78 bits per heavy atom. The SMILES string of the molecule is CC1(C)CCCC1NCc1ccccc1[N+](=O)[O-]. The molecule has 0 saturated heterocycles. The second-order valence-electron chi connectivity index (χ2n) is 5.70. The Bertz CT molecular complexity index is 443. The normalized spacial score (nSPS) is 22.0. The molecule has 18 heavy (non-hydrogen) atoms. The van der Waals surface area contributed by atoms with Crippen LogP contribution in [0.5, 0.6) is 0 Å². The zero-order chi connectivity index (χ0) is 13.2. The summed E-state index contributed by atoms with van der Waals surface area (Å²) in [6.45, 7) is 5.10. The number of benzene rings is 1. The van der Waals surface area contributed by atoms with Crippen molar-refractivity contribution in [3.05, 3.63) is 39.9 Å². The van der Waals surface area contributed by atoms with Crippen molar-refractivity contribution in [1.29, 1.82) is 0 Å². The van der Waals surface area contributed by atoms with E-state index in [1.807, 2.05) is 12.1 Å². The highest BCUT2D eigenvalue weighted by Crippen LogP contribution is 2.37. The number of hydrogen-bond donors (Lipinski definition) is 1. The second-order valence-corrected chi connectivity index (χ2v) is 5.70. The Labute approximate surface area is 108 Å². The standard InChI is InChI=1S/C14H20N2O2/c1-14(2)9-5-8-13(14)15-10-11-6-3-4-7-12(11)16(17)18/h3-4,6-7,13,15H,5,8-10H2,1-2H3. The summed E-state index contributed by atoms with van der Waals surface area (Å²) in [6, 6.07) is 7.41. The van der Waals surface area contributed by atoms with Gasteiger partial charge in [0.05, 0.1) is 4.92 Å². The van der Waals surface area contributed by atoms with E-state index in [2.05, 4.69) is 19.2 Å². The average Bonchev–Trinajstić information content (AvgIpc) is 2.66. The Kier molecular flexibility index (Phi) is 3.66. The highest BCUT2D eigenvalue weighted by molar-refractivity contribution is 5.39. The van der Waals surface area contributed by atoms with Crippen LogP contribution in [-0.4, -0.2) is 11.0 Å². The second kappa shape index (κ2) is 5.06. The fourth-order valence-corrected chi connectivity index (χ4v) is 2.78. The molecule has 0 aromatic heterocycles. The number of nitrogens with zero attached hydrogens (tertiary/aromatic N) is 1. The maximum Gasteiger partial charge on any atom is 0.273 e. The van der Waals surface area contributed by atoms with Gasteiger partial charge in [0.15, 0.2) is 0 Å². The van der Waals surface area contributed by atoms with Gasteiger partial charge < -0.3 is 5.32 Å². The van der Waals surface area contributed by atoms with E-state index in [1.54, 1.807) is 12.1 Å². The smallest absolute Gasteiger partial charge is 0.273 e. The van der Waals surface area contributed by atoms with Crippen LogP contribution < -0.4 is 5.32 Å². The zero-order valence-electron chi connectivity index (χ0n) is 11.0. The predicted molar refractivity (Wildman–Crippen MR) is 71.4 cm³/mol. The number of nitro benzene ring substituents is 1. The largest absolute Gasteiger partial charge is 0.309 e. The van der Waals surface area contributed by atoms with E-state index in [9.17, 15) is 10.1 Å². The van der Waals surface area contributed by atoms with Gasteiger partial charge in [0.2, 0.25) is 0 Å². The first-order valence-corrected chi connectivity index (χ1v) is 6.46. The quantitative estimate of drug-likeness (QED) is 0.657. The molecule has 2 rings (SSSR count). The number of nitrogens with one attached hydrogen (secondary N) is 1. The molecular weight excluding hydrogens is 228 g/mol. The van der Waals surface area contributed by atoms with Gasteiger partial charge in [-0.1, -0.05) is 38.5 Å². The lowest BCUT2D eigenvalue weighted by Crippen LogP contribution is -2.37. The molecule has 98 valence electrons. The Balaban J connectivity index is 2.04. The molecule has 0 heterocycles. The molecule has 4 nitrogen and oxygen atoms in total. The van der Waals surface area contributed by atoms with Crippen LogP contribution in [0, 0.1) is 15.5 Å². The fraction of sp³-hybridized carbons (Fsp3) is 0.571. The van der Waals surface area contributed by atoms with Crippen LogP contribution in [0.2, 0.25) is 0 Å². The third-order valence-electron chi connectivity index (χ3n) is 3.98. The highest BCUT2D eigenvalue weighted by Gasteiger charge is 2.34. The van der Waals surface area contributed by atoms with Crippen molar-refractivity contribution >= 4 is 5.69 Å². The van der Waals surface area contributed by atoms with Crippen LogP contribution in [-0.2, 0) is 6.54 Å².